The number of amides is 1. The van der Waals surface area contributed by atoms with Gasteiger partial charge in [0.25, 0.3) is 5.91 Å². The Morgan fingerprint density at radius 3 is 2.48 bits per heavy atom. The zero-order valence-electron chi connectivity index (χ0n) is 14.1. The summed E-state index contributed by atoms with van der Waals surface area (Å²) in [6.45, 7) is 3.45. The minimum Gasteiger partial charge on any atom is -0.493 e. The van der Waals surface area contributed by atoms with E-state index >= 15 is 0 Å². The molecule has 0 aromatic heterocycles. The van der Waals surface area contributed by atoms with E-state index in [0.29, 0.717) is 18.0 Å². The van der Waals surface area contributed by atoms with Crippen LogP contribution >= 0.6 is 12.4 Å². The van der Waals surface area contributed by atoms with Gasteiger partial charge in [0.2, 0.25) is 0 Å². The molecule has 5 heteroatoms. The van der Waals surface area contributed by atoms with Crippen LogP contribution in [0.1, 0.15) is 49.4 Å². The van der Waals surface area contributed by atoms with Crippen molar-refractivity contribution < 1.29 is 9.53 Å². The van der Waals surface area contributed by atoms with Crippen molar-refractivity contribution in [3.63, 3.8) is 0 Å². The van der Waals surface area contributed by atoms with Gasteiger partial charge in [0, 0.05) is 18.2 Å². The van der Waals surface area contributed by atoms with Crippen LogP contribution in [0.4, 0.5) is 0 Å². The topological polar surface area (TPSA) is 50.4 Å². The molecule has 0 spiro atoms. The van der Waals surface area contributed by atoms with E-state index in [-0.39, 0.29) is 24.4 Å². The van der Waals surface area contributed by atoms with Crippen LogP contribution in [0, 0.1) is 5.92 Å². The maximum atomic E-state index is 12.0. The van der Waals surface area contributed by atoms with Crippen LogP contribution in [0.5, 0.6) is 5.75 Å². The van der Waals surface area contributed by atoms with Gasteiger partial charge in [-0.1, -0.05) is 19.3 Å². The highest BCUT2D eigenvalue weighted by Gasteiger charge is 2.14. The number of carbonyl (C=O) groups is 1. The van der Waals surface area contributed by atoms with E-state index in [0.717, 1.165) is 12.4 Å². The number of halogens is 1. The zero-order valence-corrected chi connectivity index (χ0v) is 15.0. The summed E-state index contributed by atoms with van der Waals surface area (Å²) in [5.41, 5.74) is 0.674. The van der Waals surface area contributed by atoms with Crippen LogP contribution in [0.2, 0.25) is 0 Å². The van der Waals surface area contributed by atoms with Crippen molar-refractivity contribution in [1.29, 1.82) is 0 Å². The second-order valence-corrected chi connectivity index (χ2v) is 6.24. The Labute approximate surface area is 145 Å². The van der Waals surface area contributed by atoms with E-state index in [1.165, 1.54) is 32.1 Å². The van der Waals surface area contributed by atoms with E-state index in [9.17, 15) is 4.79 Å². The van der Waals surface area contributed by atoms with Crippen LogP contribution in [0.3, 0.4) is 0 Å². The van der Waals surface area contributed by atoms with Gasteiger partial charge in [-0.15, -0.1) is 12.4 Å². The van der Waals surface area contributed by atoms with E-state index in [1.807, 2.05) is 38.2 Å². The third kappa shape index (κ3) is 6.80. The van der Waals surface area contributed by atoms with Gasteiger partial charge in [-0.25, -0.2) is 0 Å². The van der Waals surface area contributed by atoms with Gasteiger partial charge in [-0.3, -0.25) is 4.79 Å². The van der Waals surface area contributed by atoms with Crippen LogP contribution in [-0.4, -0.2) is 32.1 Å². The molecule has 1 amide bonds. The number of benzene rings is 1. The third-order valence-electron chi connectivity index (χ3n) is 4.39. The first kappa shape index (κ1) is 19.8. The fraction of sp³-hybridized carbons (Fsp3) is 0.611. The molecule has 1 fully saturated rings. The van der Waals surface area contributed by atoms with Crippen molar-refractivity contribution in [2.45, 2.75) is 45.1 Å². The van der Waals surface area contributed by atoms with Gasteiger partial charge >= 0.3 is 0 Å². The molecule has 23 heavy (non-hydrogen) atoms. The second kappa shape index (κ2) is 10.5. The molecule has 1 aromatic carbocycles. The van der Waals surface area contributed by atoms with Gasteiger partial charge in [-0.05, 0) is 57.0 Å². The van der Waals surface area contributed by atoms with Crippen molar-refractivity contribution in [2.75, 3.05) is 20.2 Å². The SMILES string of the molecule is CNC(C)CNC(=O)c1ccc(OCC2CCCCC2)cc1.Cl. The highest BCUT2D eigenvalue weighted by Crippen LogP contribution is 2.24. The predicted molar refractivity (Wildman–Crippen MR) is 96.6 cm³/mol. The fourth-order valence-electron chi connectivity index (χ4n) is 2.72. The predicted octanol–water partition coefficient (Wildman–Crippen LogP) is 3.41. The van der Waals surface area contributed by atoms with Gasteiger partial charge in [0.15, 0.2) is 0 Å². The standard InChI is InChI=1S/C18H28N2O2.ClH/c1-14(19-2)12-20-18(21)16-8-10-17(11-9-16)22-13-15-6-4-3-5-7-15;/h8-11,14-15,19H,3-7,12-13H2,1-2H3,(H,20,21);1H. The number of hydrogen-bond donors (Lipinski definition) is 2. The Bertz CT molecular complexity index is 459. The molecule has 0 heterocycles. The van der Waals surface area contributed by atoms with Crippen molar-refractivity contribution in [2.24, 2.45) is 5.92 Å². The molecule has 1 aromatic rings. The first-order valence-corrected chi connectivity index (χ1v) is 8.37. The Hall–Kier alpha value is -1.26. The molecule has 2 rings (SSSR count). The van der Waals surface area contributed by atoms with Gasteiger partial charge in [-0.2, -0.15) is 0 Å². The van der Waals surface area contributed by atoms with Gasteiger partial charge < -0.3 is 15.4 Å². The number of carbonyl (C=O) groups excluding carboxylic acids is 1. The molecule has 1 aliphatic carbocycles. The zero-order chi connectivity index (χ0) is 15.8. The highest BCUT2D eigenvalue weighted by atomic mass is 35.5. The van der Waals surface area contributed by atoms with Gasteiger partial charge in [0.05, 0.1) is 6.61 Å². The normalized spacial score (nSPS) is 16.3. The van der Waals surface area contributed by atoms with Crippen molar-refractivity contribution in [3.8, 4) is 5.75 Å². The van der Waals surface area contributed by atoms with E-state index in [4.69, 9.17) is 4.74 Å². The number of hydrogen-bond acceptors (Lipinski definition) is 3. The summed E-state index contributed by atoms with van der Waals surface area (Å²) < 4.78 is 5.85. The van der Waals surface area contributed by atoms with Crippen LogP contribution in [0.15, 0.2) is 24.3 Å². The molecule has 1 atom stereocenters. The van der Waals surface area contributed by atoms with Crippen LogP contribution in [-0.2, 0) is 0 Å². The molecular formula is C18H29ClN2O2. The first-order valence-electron chi connectivity index (χ1n) is 8.37. The summed E-state index contributed by atoms with van der Waals surface area (Å²) in [7, 11) is 1.88. The molecule has 2 N–H and O–H groups in total. The quantitative estimate of drug-likeness (QED) is 0.799. The van der Waals surface area contributed by atoms with Crippen molar-refractivity contribution in [1.82, 2.24) is 10.6 Å². The Morgan fingerprint density at radius 1 is 1.22 bits per heavy atom. The number of nitrogens with one attached hydrogen (secondary N) is 2. The molecule has 0 aliphatic heterocycles. The highest BCUT2D eigenvalue weighted by molar-refractivity contribution is 5.94. The first-order chi connectivity index (χ1) is 10.7. The molecule has 0 saturated heterocycles. The van der Waals surface area contributed by atoms with Gasteiger partial charge in [0.1, 0.15) is 5.75 Å². The molecule has 0 bridgehead atoms. The van der Waals surface area contributed by atoms with E-state index in [2.05, 4.69) is 10.6 Å². The second-order valence-electron chi connectivity index (χ2n) is 6.24. The van der Waals surface area contributed by atoms with Crippen LogP contribution < -0.4 is 15.4 Å². The smallest absolute Gasteiger partial charge is 0.251 e. The molecule has 4 nitrogen and oxygen atoms in total. The Balaban J connectivity index is 0.00000264. The number of rotatable bonds is 7. The summed E-state index contributed by atoms with van der Waals surface area (Å²) in [6.07, 6.45) is 6.59. The minimum absolute atomic E-state index is 0. The monoisotopic (exact) mass is 340 g/mol. The molecule has 1 unspecified atom stereocenters. The summed E-state index contributed by atoms with van der Waals surface area (Å²) in [6, 6.07) is 7.70. The Morgan fingerprint density at radius 2 is 1.87 bits per heavy atom. The lowest BCUT2D eigenvalue weighted by molar-refractivity contribution is 0.0950. The average Bonchev–Trinajstić information content (AvgIpc) is 2.59. The minimum atomic E-state index is -0.0408. The lowest BCUT2D eigenvalue weighted by Crippen LogP contribution is -2.37. The fourth-order valence-corrected chi connectivity index (χ4v) is 2.72. The molecule has 1 saturated carbocycles. The Kier molecular flexibility index (Phi) is 9.03. The van der Waals surface area contributed by atoms with E-state index < -0.39 is 0 Å². The maximum absolute atomic E-state index is 12.0. The van der Waals surface area contributed by atoms with E-state index in [1.54, 1.807) is 0 Å². The lowest BCUT2D eigenvalue weighted by atomic mass is 9.90. The number of likely N-dealkylation sites (N-methyl/N-ethyl adjacent to an activating group) is 1. The summed E-state index contributed by atoms with van der Waals surface area (Å²) >= 11 is 0. The summed E-state index contributed by atoms with van der Waals surface area (Å²) in [5, 5.41) is 6.00. The maximum Gasteiger partial charge on any atom is 0.251 e. The third-order valence-corrected chi connectivity index (χ3v) is 4.39. The molecular weight excluding hydrogens is 312 g/mol. The van der Waals surface area contributed by atoms with Crippen molar-refractivity contribution >= 4 is 18.3 Å². The summed E-state index contributed by atoms with van der Waals surface area (Å²) in [4.78, 5) is 12.0. The van der Waals surface area contributed by atoms with Crippen molar-refractivity contribution in [3.05, 3.63) is 29.8 Å². The molecule has 0 radical (unpaired) electrons. The average molecular weight is 341 g/mol. The number of ether oxygens (including phenoxy) is 1. The lowest BCUT2D eigenvalue weighted by Gasteiger charge is -2.21. The van der Waals surface area contributed by atoms with Crippen LogP contribution in [0.25, 0.3) is 0 Å². The largest absolute Gasteiger partial charge is 0.493 e. The molecule has 130 valence electrons. The molecule has 1 aliphatic rings. The summed E-state index contributed by atoms with van der Waals surface area (Å²) in [5.74, 6) is 1.51.